The fraction of sp³-hybridized carbons (Fsp3) is 0.556. The Morgan fingerprint density at radius 3 is 2.21 bits per heavy atom. The van der Waals surface area contributed by atoms with Crippen LogP contribution in [0.15, 0.2) is 28.2 Å². The van der Waals surface area contributed by atoms with E-state index < -0.39 is 20.6 Å². The SMILES string of the molecule is CCN(CC)C(=O)CC(C)=NNc1ccc(S(=O)(=O)N(CC)CC)cc1[N+](=O)[O-]. The molecule has 0 spiro atoms. The number of rotatable bonds is 11. The van der Waals surface area contributed by atoms with Crippen molar-refractivity contribution in [3.63, 3.8) is 0 Å². The molecular weight excluding hydrogens is 398 g/mol. The van der Waals surface area contributed by atoms with Gasteiger partial charge in [0.25, 0.3) is 5.69 Å². The fourth-order valence-electron chi connectivity index (χ4n) is 2.73. The van der Waals surface area contributed by atoms with Crippen molar-refractivity contribution >= 4 is 33.0 Å². The number of amides is 1. The van der Waals surface area contributed by atoms with Crippen LogP contribution in [0.4, 0.5) is 11.4 Å². The summed E-state index contributed by atoms with van der Waals surface area (Å²) < 4.78 is 26.4. The van der Waals surface area contributed by atoms with E-state index in [9.17, 15) is 23.3 Å². The minimum Gasteiger partial charge on any atom is -0.343 e. The van der Waals surface area contributed by atoms with Gasteiger partial charge in [-0.1, -0.05) is 13.8 Å². The molecule has 0 atom stereocenters. The van der Waals surface area contributed by atoms with Gasteiger partial charge in [0.1, 0.15) is 5.69 Å². The maximum absolute atomic E-state index is 12.6. The number of carbonyl (C=O) groups is 1. The number of nitro benzene ring substituents is 1. The summed E-state index contributed by atoms with van der Waals surface area (Å²) in [7, 11) is -3.82. The van der Waals surface area contributed by atoms with Crippen molar-refractivity contribution in [2.75, 3.05) is 31.6 Å². The van der Waals surface area contributed by atoms with Gasteiger partial charge in [0.15, 0.2) is 0 Å². The molecule has 162 valence electrons. The third-order valence-corrected chi connectivity index (χ3v) is 6.45. The molecule has 0 aliphatic heterocycles. The molecule has 0 aromatic heterocycles. The van der Waals surface area contributed by atoms with Gasteiger partial charge in [0, 0.05) is 38.0 Å². The van der Waals surface area contributed by atoms with Gasteiger partial charge < -0.3 is 4.90 Å². The van der Waals surface area contributed by atoms with E-state index in [2.05, 4.69) is 10.5 Å². The molecule has 0 fully saturated rings. The summed E-state index contributed by atoms with van der Waals surface area (Å²) in [5, 5.41) is 15.5. The summed E-state index contributed by atoms with van der Waals surface area (Å²) in [5.74, 6) is -0.0896. The molecule has 1 amide bonds. The number of sulfonamides is 1. The number of hydrazone groups is 1. The Morgan fingerprint density at radius 1 is 1.14 bits per heavy atom. The van der Waals surface area contributed by atoms with Crippen LogP contribution in [0.3, 0.4) is 0 Å². The first-order chi connectivity index (χ1) is 13.6. The van der Waals surface area contributed by atoms with Crippen LogP contribution < -0.4 is 5.43 Å². The Hall–Kier alpha value is -2.53. The van der Waals surface area contributed by atoms with Crippen LogP contribution in [0.2, 0.25) is 0 Å². The van der Waals surface area contributed by atoms with Gasteiger partial charge >= 0.3 is 0 Å². The van der Waals surface area contributed by atoms with Crippen molar-refractivity contribution in [1.29, 1.82) is 0 Å². The van der Waals surface area contributed by atoms with Gasteiger partial charge in [-0.2, -0.15) is 9.41 Å². The summed E-state index contributed by atoms with van der Waals surface area (Å²) >= 11 is 0. The van der Waals surface area contributed by atoms with E-state index in [0.29, 0.717) is 18.8 Å². The standard InChI is InChI=1S/C18H29N5O5S/c1-6-21(7-2)18(24)12-14(5)19-20-16-11-10-15(13-17(16)23(25)26)29(27,28)22(8-3)9-4/h10-11,13,20H,6-9,12H2,1-5H3. The molecule has 1 N–H and O–H groups in total. The van der Waals surface area contributed by atoms with Crippen LogP contribution in [0, 0.1) is 10.1 Å². The first kappa shape index (κ1) is 24.5. The largest absolute Gasteiger partial charge is 0.343 e. The zero-order valence-electron chi connectivity index (χ0n) is 17.5. The lowest BCUT2D eigenvalue weighted by atomic mass is 10.2. The lowest BCUT2D eigenvalue weighted by Gasteiger charge is -2.18. The van der Waals surface area contributed by atoms with Gasteiger partial charge in [0.05, 0.1) is 16.2 Å². The Bertz CT molecular complexity index is 861. The molecule has 0 heterocycles. The van der Waals surface area contributed by atoms with Crippen LogP contribution in [0.25, 0.3) is 0 Å². The highest BCUT2D eigenvalue weighted by atomic mass is 32.2. The van der Waals surface area contributed by atoms with Crippen LogP contribution >= 0.6 is 0 Å². The summed E-state index contributed by atoms with van der Waals surface area (Å²) in [6.07, 6.45) is 0.0803. The minimum absolute atomic E-state index is 0.0446. The molecule has 0 saturated heterocycles. The third-order valence-electron chi connectivity index (χ3n) is 4.40. The van der Waals surface area contributed by atoms with E-state index in [1.54, 1.807) is 25.7 Å². The molecule has 1 aromatic rings. The van der Waals surface area contributed by atoms with E-state index in [-0.39, 0.29) is 36.0 Å². The average Bonchev–Trinajstić information content (AvgIpc) is 2.67. The lowest BCUT2D eigenvalue weighted by molar-refractivity contribution is -0.384. The van der Waals surface area contributed by atoms with Gasteiger partial charge in [0.2, 0.25) is 15.9 Å². The van der Waals surface area contributed by atoms with E-state index in [1.807, 2.05) is 13.8 Å². The highest BCUT2D eigenvalue weighted by molar-refractivity contribution is 7.89. The first-order valence-electron chi connectivity index (χ1n) is 9.47. The fourth-order valence-corrected chi connectivity index (χ4v) is 4.21. The molecule has 0 radical (unpaired) electrons. The second-order valence-corrected chi connectivity index (χ2v) is 8.17. The predicted octanol–water partition coefficient (Wildman–Crippen LogP) is 2.67. The van der Waals surface area contributed by atoms with Gasteiger partial charge in [-0.25, -0.2) is 8.42 Å². The van der Waals surface area contributed by atoms with Crippen molar-refractivity contribution < 1.29 is 18.1 Å². The number of hydrogen-bond acceptors (Lipinski definition) is 7. The van der Waals surface area contributed by atoms with Gasteiger partial charge in [-0.15, -0.1) is 0 Å². The molecule has 1 aromatic carbocycles. The maximum atomic E-state index is 12.6. The number of nitrogens with zero attached hydrogens (tertiary/aromatic N) is 4. The number of carbonyl (C=O) groups excluding carboxylic acids is 1. The molecule has 29 heavy (non-hydrogen) atoms. The van der Waals surface area contributed by atoms with Crippen LogP contribution in [0.5, 0.6) is 0 Å². The molecule has 1 rings (SSSR count). The maximum Gasteiger partial charge on any atom is 0.295 e. The average molecular weight is 428 g/mol. The van der Waals surface area contributed by atoms with E-state index in [0.717, 1.165) is 6.07 Å². The van der Waals surface area contributed by atoms with E-state index in [1.165, 1.54) is 16.4 Å². The highest BCUT2D eigenvalue weighted by Crippen LogP contribution is 2.29. The topological polar surface area (TPSA) is 125 Å². The zero-order valence-corrected chi connectivity index (χ0v) is 18.3. The quantitative estimate of drug-likeness (QED) is 0.329. The first-order valence-corrected chi connectivity index (χ1v) is 10.9. The Labute approximate surface area is 171 Å². The van der Waals surface area contributed by atoms with Gasteiger partial charge in [-0.05, 0) is 32.9 Å². The number of anilines is 1. The van der Waals surface area contributed by atoms with Crippen LogP contribution in [-0.2, 0) is 14.8 Å². The number of nitro groups is 1. The lowest BCUT2D eigenvalue weighted by Crippen LogP contribution is -2.31. The van der Waals surface area contributed by atoms with Crippen molar-refractivity contribution in [2.24, 2.45) is 5.10 Å². The predicted molar refractivity (Wildman–Crippen MR) is 112 cm³/mol. The summed E-state index contributed by atoms with van der Waals surface area (Å²) in [6, 6.07) is 3.62. The molecule has 0 saturated carbocycles. The van der Waals surface area contributed by atoms with E-state index >= 15 is 0 Å². The van der Waals surface area contributed by atoms with Crippen LogP contribution in [0.1, 0.15) is 41.0 Å². The molecule has 10 nitrogen and oxygen atoms in total. The zero-order chi connectivity index (χ0) is 22.2. The Balaban J connectivity index is 3.12. The molecule has 11 heteroatoms. The molecule has 0 bridgehead atoms. The third kappa shape index (κ3) is 6.23. The van der Waals surface area contributed by atoms with Crippen molar-refractivity contribution in [2.45, 2.75) is 45.9 Å². The smallest absolute Gasteiger partial charge is 0.295 e. The number of hydrogen-bond donors (Lipinski definition) is 1. The Morgan fingerprint density at radius 2 is 1.72 bits per heavy atom. The highest BCUT2D eigenvalue weighted by Gasteiger charge is 2.25. The summed E-state index contributed by atoms with van der Waals surface area (Å²) in [6.45, 7) is 10.5. The molecular formula is C18H29N5O5S. The van der Waals surface area contributed by atoms with Crippen molar-refractivity contribution in [3.05, 3.63) is 28.3 Å². The molecule has 0 aliphatic carbocycles. The van der Waals surface area contributed by atoms with Crippen molar-refractivity contribution in [3.8, 4) is 0 Å². The Kier molecular flexibility index (Phi) is 9.18. The number of nitrogens with one attached hydrogen (secondary N) is 1. The summed E-state index contributed by atoms with van der Waals surface area (Å²) in [4.78, 5) is 24.4. The summed E-state index contributed by atoms with van der Waals surface area (Å²) in [5.41, 5.74) is 2.66. The van der Waals surface area contributed by atoms with Crippen LogP contribution in [-0.4, -0.2) is 60.3 Å². The second-order valence-electron chi connectivity index (χ2n) is 6.23. The molecule has 0 unspecified atom stereocenters. The van der Waals surface area contributed by atoms with E-state index in [4.69, 9.17) is 0 Å². The molecule has 0 aliphatic rings. The normalized spacial score (nSPS) is 12.1. The number of benzene rings is 1. The second kappa shape index (κ2) is 10.9. The minimum atomic E-state index is -3.82. The van der Waals surface area contributed by atoms with Gasteiger partial charge in [-0.3, -0.25) is 20.3 Å². The van der Waals surface area contributed by atoms with Crippen molar-refractivity contribution in [1.82, 2.24) is 9.21 Å². The monoisotopic (exact) mass is 427 g/mol.